The van der Waals surface area contributed by atoms with Gasteiger partial charge in [0.2, 0.25) is 5.91 Å². The van der Waals surface area contributed by atoms with Crippen LogP contribution in [-0.4, -0.2) is 25.0 Å². The Morgan fingerprint density at radius 2 is 1.57 bits per heavy atom. The van der Waals surface area contributed by atoms with E-state index >= 15 is 0 Å². The van der Waals surface area contributed by atoms with Crippen LogP contribution in [0, 0.1) is 0 Å². The number of esters is 1. The number of carbonyl (C=O) groups excluding carboxylic acids is 2. The van der Waals surface area contributed by atoms with Crippen LogP contribution >= 0.6 is 15.9 Å². The first-order chi connectivity index (χ1) is 11.0. The molecule has 0 radical (unpaired) electrons. The average Bonchev–Trinajstić information content (AvgIpc) is 2.56. The van der Waals surface area contributed by atoms with Crippen LogP contribution in [0.25, 0.3) is 0 Å². The molecule has 6 heteroatoms. The number of nitrogens with one attached hydrogen (secondary N) is 2. The van der Waals surface area contributed by atoms with Gasteiger partial charge in [-0.25, -0.2) is 4.79 Å². The number of hydrogen-bond donors (Lipinski definition) is 2. The molecule has 0 aromatic heterocycles. The zero-order valence-electron chi connectivity index (χ0n) is 12.8. The SMILES string of the molecule is COC(=O)c1ccc(N[C@@H](C)C(=O)Nc2ccc(Br)cc2)cc1. The van der Waals surface area contributed by atoms with E-state index in [9.17, 15) is 9.59 Å². The van der Waals surface area contributed by atoms with Gasteiger partial charge in [-0.15, -0.1) is 0 Å². The van der Waals surface area contributed by atoms with Crippen molar-refractivity contribution >= 4 is 39.2 Å². The molecule has 0 aliphatic heterocycles. The summed E-state index contributed by atoms with van der Waals surface area (Å²) in [6.07, 6.45) is 0. The van der Waals surface area contributed by atoms with Crippen molar-refractivity contribution in [2.45, 2.75) is 13.0 Å². The third-order valence-corrected chi connectivity index (χ3v) is 3.72. The van der Waals surface area contributed by atoms with Crippen molar-refractivity contribution in [2.24, 2.45) is 0 Å². The molecule has 23 heavy (non-hydrogen) atoms. The van der Waals surface area contributed by atoms with Crippen molar-refractivity contribution in [2.75, 3.05) is 17.7 Å². The van der Waals surface area contributed by atoms with Crippen molar-refractivity contribution < 1.29 is 14.3 Å². The monoisotopic (exact) mass is 376 g/mol. The number of methoxy groups -OCH3 is 1. The maximum Gasteiger partial charge on any atom is 0.337 e. The standard InChI is InChI=1S/C17H17BrN2O3/c1-11(16(21)20-15-9-5-13(18)6-10-15)19-14-7-3-12(4-8-14)17(22)23-2/h3-11,19H,1-2H3,(H,20,21)/t11-/m0/s1. The lowest BCUT2D eigenvalue weighted by atomic mass is 10.2. The second-order valence-corrected chi connectivity index (χ2v) is 5.85. The average molecular weight is 377 g/mol. The summed E-state index contributed by atoms with van der Waals surface area (Å²) in [7, 11) is 1.34. The minimum absolute atomic E-state index is 0.149. The molecule has 1 atom stereocenters. The smallest absolute Gasteiger partial charge is 0.337 e. The number of carbonyl (C=O) groups is 2. The van der Waals surface area contributed by atoms with Gasteiger partial charge in [0.25, 0.3) is 0 Å². The molecule has 0 spiro atoms. The molecule has 0 saturated carbocycles. The molecule has 2 aromatic carbocycles. The Morgan fingerprint density at radius 3 is 2.13 bits per heavy atom. The first kappa shape index (κ1) is 17.0. The normalized spacial score (nSPS) is 11.4. The number of hydrogen-bond acceptors (Lipinski definition) is 4. The maximum absolute atomic E-state index is 12.2. The second kappa shape index (κ2) is 7.78. The highest BCUT2D eigenvalue weighted by molar-refractivity contribution is 9.10. The lowest BCUT2D eigenvalue weighted by Gasteiger charge is -2.15. The van der Waals surface area contributed by atoms with E-state index in [0.29, 0.717) is 5.56 Å². The van der Waals surface area contributed by atoms with Crippen LogP contribution in [0.1, 0.15) is 17.3 Å². The van der Waals surface area contributed by atoms with E-state index in [0.717, 1.165) is 15.8 Å². The number of amides is 1. The number of benzene rings is 2. The van der Waals surface area contributed by atoms with Crippen molar-refractivity contribution in [1.29, 1.82) is 0 Å². The van der Waals surface area contributed by atoms with Crippen LogP contribution in [0.5, 0.6) is 0 Å². The molecule has 5 nitrogen and oxygen atoms in total. The molecule has 2 aromatic rings. The van der Waals surface area contributed by atoms with E-state index in [2.05, 4.69) is 31.3 Å². The Morgan fingerprint density at radius 1 is 1.00 bits per heavy atom. The van der Waals surface area contributed by atoms with Gasteiger partial charge in [-0.1, -0.05) is 15.9 Å². The Labute approximate surface area is 143 Å². The van der Waals surface area contributed by atoms with E-state index in [1.807, 2.05) is 24.3 Å². The van der Waals surface area contributed by atoms with Gasteiger partial charge in [-0.05, 0) is 55.5 Å². The molecule has 0 bridgehead atoms. The number of anilines is 2. The van der Waals surface area contributed by atoms with Crippen molar-refractivity contribution in [3.05, 3.63) is 58.6 Å². The Kier molecular flexibility index (Phi) is 5.76. The van der Waals surface area contributed by atoms with Gasteiger partial charge in [-0.2, -0.15) is 0 Å². The predicted octanol–water partition coefficient (Wildman–Crippen LogP) is 3.67. The number of ether oxygens (including phenoxy) is 1. The van der Waals surface area contributed by atoms with E-state index < -0.39 is 12.0 Å². The molecule has 2 N–H and O–H groups in total. The topological polar surface area (TPSA) is 67.4 Å². The van der Waals surface area contributed by atoms with Crippen molar-refractivity contribution in [3.63, 3.8) is 0 Å². The molecule has 0 fully saturated rings. The lowest BCUT2D eigenvalue weighted by Crippen LogP contribution is -2.31. The van der Waals surface area contributed by atoms with Gasteiger partial charge in [-0.3, -0.25) is 4.79 Å². The Balaban J connectivity index is 1.95. The Hall–Kier alpha value is -2.34. The molecule has 1 amide bonds. The van der Waals surface area contributed by atoms with Gasteiger partial charge >= 0.3 is 5.97 Å². The summed E-state index contributed by atoms with van der Waals surface area (Å²) < 4.78 is 5.59. The van der Waals surface area contributed by atoms with E-state index in [1.54, 1.807) is 31.2 Å². The zero-order valence-corrected chi connectivity index (χ0v) is 14.4. The first-order valence-electron chi connectivity index (χ1n) is 7.01. The highest BCUT2D eigenvalue weighted by atomic mass is 79.9. The molecule has 0 aliphatic rings. The van der Waals surface area contributed by atoms with E-state index in [1.165, 1.54) is 7.11 Å². The Bertz CT molecular complexity index is 684. The summed E-state index contributed by atoms with van der Waals surface area (Å²) in [5.74, 6) is -0.540. The third-order valence-electron chi connectivity index (χ3n) is 3.19. The van der Waals surface area contributed by atoms with Gasteiger partial charge in [0.1, 0.15) is 6.04 Å². The molecule has 0 saturated heterocycles. The minimum atomic E-state index is -0.428. The fourth-order valence-corrected chi connectivity index (χ4v) is 2.18. The summed E-state index contributed by atoms with van der Waals surface area (Å²) in [6, 6.07) is 13.7. The van der Waals surface area contributed by atoms with Crippen LogP contribution in [0.15, 0.2) is 53.0 Å². The van der Waals surface area contributed by atoms with Gasteiger partial charge in [0, 0.05) is 15.8 Å². The fraction of sp³-hybridized carbons (Fsp3) is 0.176. The van der Waals surface area contributed by atoms with Crippen LogP contribution in [0.4, 0.5) is 11.4 Å². The summed E-state index contributed by atoms with van der Waals surface area (Å²) >= 11 is 3.35. The fourth-order valence-electron chi connectivity index (χ4n) is 1.92. The van der Waals surface area contributed by atoms with Crippen molar-refractivity contribution in [3.8, 4) is 0 Å². The molecule has 120 valence electrons. The van der Waals surface area contributed by atoms with Gasteiger partial charge < -0.3 is 15.4 Å². The van der Waals surface area contributed by atoms with Crippen LogP contribution in [0.3, 0.4) is 0 Å². The maximum atomic E-state index is 12.2. The summed E-state index contributed by atoms with van der Waals surface area (Å²) in [5, 5.41) is 5.92. The van der Waals surface area contributed by atoms with E-state index in [-0.39, 0.29) is 5.91 Å². The molecule has 0 heterocycles. The van der Waals surface area contributed by atoms with Gasteiger partial charge in [0.05, 0.1) is 12.7 Å². The first-order valence-corrected chi connectivity index (χ1v) is 7.80. The molecule has 0 unspecified atom stereocenters. The molecular weight excluding hydrogens is 360 g/mol. The largest absolute Gasteiger partial charge is 0.465 e. The van der Waals surface area contributed by atoms with E-state index in [4.69, 9.17) is 0 Å². The third kappa shape index (κ3) is 4.82. The molecule has 0 aliphatic carbocycles. The highest BCUT2D eigenvalue weighted by Gasteiger charge is 2.13. The summed E-state index contributed by atoms with van der Waals surface area (Å²) in [4.78, 5) is 23.5. The van der Waals surface area contributed by atoms with Gasteiger partial charge in [0.15, 0.2) is 0 Å². The van der Waals surface area contributed by atoms with Crippen molar-refractivity contribution in [1.82, 2.24) is 0 Å². The highest BCUT2D eigenvalue weighted by Crippen LogP contribution is 2.15. The van der Waals surface area contributed by atoms with Crippen LogP contribution in [0.2, 0.25) is 0 Å². The summed E-state index contributed by atoms with van der Waals surface area (Å²) in [6.45, 7) is 1.77. The zero-order chi connectivity index (χ0) is 16.8. The summed E-state index contributed by atoms with van der Waals surface area (Å²) in [5.41, 5.74) is 1.94. The molecule has 2 rings (SSSR count). The number of halogens is 1. The second-order valence-electron chi connectivity index (χ2n) is 4.93. The van der Waals surface area contributed by atoms with Crippen LogP contribution < -0.4 is 10.6 Å². The lowest BCUT2D eigenvalue weighted by molar-refractivity contribution is -0.116. The van der Waals surface area contributed by atoms with Crippen LogP contribution in [-0.2, 0) is 9.53 Å². The quantitative estimate of drug-likeness (QED) is 0.781. The number of rotatable bonds is 5. The minimum Gasteiger partial charge on any atom is -0.465 e. The predicted molar refractivity (Wildman–Crippen MR) is 93.6 cm³/mol. The molecular formula is C17H17BrN2O3.